The summed E-state index contributed by atoms with van der Waals surface area (Å²) in [5.41, 5.74) is 1.06. The highest BCUT2D eigenvalue weighted by Gasteiger charge is 2.10. The summed E-state index contributed by atoms with van der Waals surface area (Å²) in [7, 11) is 0. The fourth-order valence-electron chi connectivity index (χ4n) is 1.85. The van der Waals surface area contributed by atoms with Crippen LogP contribution in [-0.2, 0) is 13.1 Å². The van der Waals surface area contributed by atoms with E-state index in [-0.39, 0.29) is 5.69 Å². The highest BCUT2D eigenvalue weighted by molar-refractivity contribution is 9.10. The highest BCUT2D eigenvalue weighted by atomic mass is 79.9. The summed E-state index contributed by atoms with van der Waals surface area (Å²) in [6.45, 7) is 4.25. The van der Waals surface area contributed by atoms with Gasteiger partial charge in [-0.25, -0.2) is 4.98 Å². The molecule has 106 valence electrons. The number of nitro groups is 1. The van der Waals surface area contributed by atoms with Crippen LogP contribution in [0.2, 0.25) is 0 Å². The van der Waals surface area contributed by atoms with Gasteiger partial charge in [0.1, 0.15) is 5.82 Å². The maximum absolute atomic E-state index is 10.7. The first-order valence-electron chi connectivity index (χ1n) is 6.25. The predicted octanol–water partition coefficient (Wildman–Crippen LogP) is 2.71. The SMILES string of the molecule is CCNCc1nccn1Cc1ccc([N+](=O)[O-])cc1Br. The van der Waals surface area contributed by atoms with Gasteiger partial charge in [0.2, 0.25) is 0 Å². The number of non-ortho nitro benzene ring substituents is 1. The molecule has 0 aliphatic rings. The van der Waals surface area contributed by atoms with E-state index in [1.807, 2.05) is 17.7 Å². The molecule has 20 heavy (non-hydrogen) atoms. The molecule has 0 unspecified atom stereocenters. The van der Waals surface area contributed by atoms with Crippen LogP contribution in [0, 0.1) is 10.1 Å². The fourth-order valence-corrected chi connectivity index (χ4v) is 2.34. The second kappa shape index (κ2) is 6.62. The predicted molar refractivity (Wildman–Crippen MR) is 79.5 cm³/mol. The van der Waals surface area contributed by atoms with Crippen LogP contribution in [-0.4, -0.2) is 21.0 Å². The third kappa shape index (κ3) is 3.43. The van der Waals surface area contributed by atoms with Gasteiger partial charge in [-0.2, -0.15) is 0 Å². The summed E-state index contributed by atoms with van der Waals surface area (Å²) in [5, 5.41) is 13.9. The van der Waals surface area contributed by atoms with Crippen LogP contribution in [0.3, 0.4) is 0 Å². The molecule has 0 radical (unpaired) electrons. The van der Waals surface area contributed by atoms with Crippen molar-refractivity contribution in [1.29, 1.82) is 0 Å². The molecule has 1 aromatic heterocycles. The van der Waals surface area contributed by atoms with E-state index in [1.54, 1.807) is 12.3 Å². The van der Waals surface area contributed by atoms with Crippen molar-refractivity contribution in [2.45, 2.75) is 20.0 Å². The summed E-state index contributed by atoms with van der Waals surface area (Å²) in [4.78, 5) is 14.6. The summed E-state index contributed by atoms with van der Waals surface area (Å²) in [6, 6.07) is 4.80. The van der Waals surface area contributed by atoms with E-state index in [0.29, 0.717) is 13.1 Å². The van der Waals surface area contributed by atoms with E-state index < -0.39 is 4.92 Å². The molecule has 0 atom stereocenters. The Kier molecular flexibility index (Phi) is 4.86. The summed E-state index contributed by atoms with van der Waals surface area (Å²) >= 11 is 3.38. The molecule has 0 amide bonds. The zero-order chi connectivity index (χ0) is 14.5. The molecular weight excluding hydrogens is 324 g/mol. The first kappa shape index (κ1) is 14.7. The van der Waals surface area contributed by atoms with Crippen LogP contribution < -0.4 is 5.32 Å². The maximum Gasteiger partial charge on any atom is 0.270 e. The number of imidazole rings is 1. The summed E-state index contributed by atoms with van der Waals surface area (Å²) in [6.07, 6.45) is 3.66. The Hall–Kier alpha value is -1.73. The summed E-state index contributed by atoms with van der Waals surface area (Å²) in [5.74, 6) is 0.942. The van der Waals surface area contributed by atoms with Crippen LogP contribution in [0.25, 0.3) is 0 Å². The van der Waals surface area contributed by atoms with Gasteiger partial charge >= 0.3 is 0 Å². The van der Waals surface area contributed by atoms with Crippen LogP contribution >= 0.6 is 15.9 Å². The van der Waals surface area contributed by atoms with Crippen molar-refractivity contribution in [2.24, 2.45) is 0 Å². The van der Waals surface area contributed by atoms with Gasteiger partial charge in [-0.1, -0.05) is 22.9 Å². The standard InChI is InChI=1S/C13H15BrN4O2/c1-2-15-8-13-16-5-6-17(13)9-10-3-4-11(18(19)20)7-12(10)14/h3-7,15H,2,8-9H2,1H3. The Morgan fingerprint density at radius 1 is 1.50 bits per heavy atom. The lowest BCUT2D eigenvalue weighted by molar-refractivity contribution is -0.384. The molecule has 2 rings (SSSR count). The number of halogens is 1. The number of nitrogens with one attached hydrogen (secondary N) is 1. The van der Waals surface area contributed by atoms with Crippen LogP contribution in [0.5, 0.6) is 0 Å². The van der Waals surface area contributed by atoms with Crippen molar-refractivity contribution in [3.05, 3.63) is 56.6 Å². The maximum atomic E-state index is 10.7. The average Bonchev–Trinajstić information content (AvgIpc) is 2.85. The van der Waals surface area contributed by atoms with Gasteiger partial charge in [-0.05, 0) is 18.2 Å². The van der Waals surface area contributed by atoms with Gasteiger partial charge < -0.3 is 9.88 Å². The lowest BCUT2D eigenvalue weighted by Gasteiger charge is -2.09. The average molecular weight is 339 g/mol. The third-order valence-corrected chi connectivity index (χ3v) is 3.66. The van der Waals surface area contributed by atoms with Gasteiger partial charge in [0.25, 0.3) is 5.69 Å². The number of benzene rings is 1. The smallest absolute Gasteiger partial charge is 0.270 e. The molecule has 6 nitrogen and oxygen atoms in total. The van der Waals surface area contributed by atoms with Gasteiger partial charge in [-0.15, -0.1) is 0 Å². The number of rotatable bonds is 6. The second-order valence-electron chi connectivity index (χ2n) is 4.28. The molecule has 0 spiro atoms. The van der Waals surface area contributed by atoms with E-state index >= 15 is 0 Å². The minimum atomic E-state index is -0.400. The molecular formula is C13H15BrN4O2. The number of hydrogen-bond acceptors (Lipinski definition) is 4. The third-order valence-electron chi connectivity index (χ3n) is 2.92. The van der Waals surface area contributed by atoms with E-state index in [2.05, 4.69) is 26.2 Å². The van der Waals surface area contributed by atoms with Crippen LogP contribution in [0.15, 0.2) is 35.1 Å². The molecule has 7 heteroatoms. The monoisotopic (exact) mass is 338 g/mol. The molecule has 0 saturated carbocycles. The number of nitrogens with zero attached hydrogens (tertiary/aromatic N) is 3. The Labute approximate surface area is 125 Å². The van der Waals surface area contributed by atoms with Gasteiger partial charge in [0, 0.05) is 35.5 Å². The van der Waals surface area contributed by atoms with Crippen LogP contribution in [0.4, 0.5) is 5.69 Å². The molecule has 0 saturated heterocycles. The van der Waals surface area contributed by atoms with E-state index in [4.69, 9.17) is 0 Å². The van der Waals surface area contributed by atoms with Crippen molar-refractivity contribution in [3.63, 3.8) is 0 Å². The largest absolute Gasteiger partial charge is 0.329 e. The number of nitro benzene ring substituents is 1. The lowest BCUT2D eigenvalue weighted by Crippen LogP contribution is -2.16. The van der Waals surface area contributed by atoms with E-state index in [9.17, 15) is 10.1 Å². The Bertz CT molecular complexity index is 612. The van der Waals surface area contributed by atoms with Gasteiger partial charge in [-0.3, -0.25) is 10.1 Å². The molecule has 0 aliphatic carbocycles. The van der Waals surface area contributed by atoms with Crippen LogP contribution in [0.1, 0.15) is 18.3 Å². The molecule has 1 aromatic carbocycles. The zero-order valence-corrected chi connectivity index (χ0v) is 12.6. The summed E-state index contributed by atoms with van der Waals surface area (Å²) < 4.78 is 2.75. The molecule has 2 aromatic rings. The molecule has 0 bridgehead atoms. The minimum absolute atomic E-state index is 0.0825. The molecule has 0 fully saturated rings. The lowest BCUT2D eigenvalue weighted by atomic mass is 10.2. The molecule has 0 aliphatic heterocycles. The number of hydrogen-bond donors (Lipinski definition) is 1. The second-order valence-corrected chi connectivity index (χ2v) is 5.14. The molecule has 1 N–H and O–H groups in total. The number of aromatic nitrogens is 2. The van der Waals surface area contributed by atoms with Crippen molar-refractivity contribution < 1.29 is 4.92 Å². The van der Waals surface area contributed by atoms with Crippen molar-refractivity contribution in [2.75, 3.05) is 6.54 Å². The normalized spacial score (nSPS) is 10.7. The van der Waals surface area contributed by atoms with Crippen molar-refractivity contribution in [1.82, 2.24) is 14.9 Å². The minimum Gasteiger partial charge on any atom is -0.329 e. The first-order valence-corrected chi connectivity index (χ1v) is 7.04. The van der Waals surface area contributed by atoms with Crippen molar-refractivity contribution >= 4 is 21.6 Å². The Morgan fingerprint density at radius 2 is 2.30 bits per heavy atom. The van der Waals surface area contributed by atoms with Crippen molar-refractivity contribution in [3.8, 4) is 0 Å². The van der Waals surface area contributed by atoms with E-state index in [0.717, 1.165) is 22.4 Å². The van der Waals surface area contributed by atoms with Gasteiger partial charge in [0.05, 0.1) is 11.5 Å². The fraction of sp³-hybridized carbons (Fsp3) is 0.308. The van der Waals surface area contributed by atoms with E-state index in [1.165, 1.54) is 12.1 Å². The first-order chi connectivity index (χ1) is 9.61. The quantitative estimate of drug-likeness (QED) is 0.649. The molecule has 1 heterocycles. The Balaban J connectivity index is 2.18. The topological polar surface area (TPSA) is 73.0 Å². The highest BCUT2D eigenvalue weighted by Crippen LogP contribution is 2.24. The zero-order valence-electron chi connectivity index (χ0n) is 11.0. The Morgan fingerprint density at radius 3 is 2.95 bits per heavy atom. The van der Waals surface area contributed by atoms with Gasteiger partial charge in [0.15, 0.2) is 0 Å².